The van der Waals surface area contributed by atoms with Crippen LogP contribution in [0.15, 0.2) is 0 Å². The number of ether oxygens (including phenoxy) is 11. The molecule has 0 bridgehead atoms. The fourth-order valence-corrected chi connectivity index (χ4v) is 2.71. The number of hydrogen-bond donors (Lipinski definition) is 0. The molecular formula is C28H54O13. The maximum Gasteiger partial charge on any atom is 0.332 e. The summed E-state index contributed by atoms with van der Waals surface area (Å²) in [6, 6.07) is 0. The molecule has 0 saturated heterocycles. The van der Waals surface area contributed by atoms with E-state index in [1.807, 2.05) is 41.5 Å². The van der Waals surface area contributed by atoms with Crippen molar-refractivity contribution in [1.29, 1.82) is 0 Å². The summed E-state index contributed by atoms with van der Waals surface area (Å²) in [5.41, 5.74) is -1.03. The average Bonchev–Trinajstić information content (AvgIpc) is 2.86. The SMILES string of the molecule is CC(C)(C)OC(=O)COCCOCCOCCOCCOCCOCCOCCOCCOCC(=O)OC(C)(C)C. The summed E-state index contributed by atoms with van der Waals surface area (Å²) < 4.78 is 58.6. The number of carbonyl (C=O) groups excluding carboxylic acids is 2. The van der Waals surface area contributed by atoms with Crippen molar-refractivity contribution in [3.63, 3.8) is 0 Å². The fourth-order valence-electron chi connectivity index (χ4n) is 2.71. The third kappa shape index (κ3) is 34.7. The van der Waals surface area contributed by atoms with E-state index in [2.05, 4.69) is 0 Å². The van der Waals surface area contributed by atoms with E-state index in [0.29, 0.717) is 106 Å². The zero-order chi connectivity index (χ0) is 30.7. The van der Waals surface area contributed by atoms with Crippen LogP contribution in [0.5, 0.6) is 0 Å². The highest BCUT2D eigenvalue weighted by molar-refractivity contribution is 5.71. The molecule has 0 spiro atoms. The monoisotopic (exact) mass is 598 g/mol. The standard InChI is InChI=1S/C28H54O13/c1-27(2,3)40-25(29)23-38-21-19-36-17-15-34-13-11-32-9-7-31-8-10-33-12-14-35-16-18-37-20-22-39-24-26(30)41-28(4,5)6/h7-24H2,1-6H3. The first kappa shape index (κ1) is 39.6. The highest BCUT2D eigenvalue weighted by atomic mass is 16.6. The van der Waals surface area contributed by atoms with Gasteiger partial charge in [0.25, 0.3) is 0 Å². The van der Waals surface area contributed by atoms with Crippen molar-refractivity contribution in [3.05, 3.63) is 0 Å². The van der Waals surface area contributed by atoms with E-state index in [-0.39, 0.29) is 13.2 Å². The molecule has 0 unspecified atom stereocenters. The van der Waals surface area contributed by atoms with Gasteiger partial charge in [-0.25, -0.2) is 9.59 Å². The van der Waals surface area contributed by atoms with Gasteiger partial charge in [0.1, 0.15) is 24.4 Å². The Labute approximate surface area is 245 Å². The van der Waals surface area contributed by atoms with Gasteiger partial charge in [0.05, 0.1) is 106 Å². The molecule has 0 aromatic rings. The molecule has 41 heavy (non-hydrogen) atoms. The lowest BCUT2D eigenvalue weighted by molar-refractivity contribution is -0.161. The van der Waals surface area contributed by atoms with Crippen LogP contribution in [0.25, 0.3) is 0 Å². The Morgan fingerprint density at radius 1 is 0.341 bits per heavy atom. The van der Waals surface area contributed by atoms with Gasteiger partial charge in [0.2, 0.25) is 0 Å². The van der Waals surface area contributed by atoms with E-state index in [0.717, 1.165) is 0 Å². The molecule has 0 radical (unpaired) electrons. The van der Waals surface area contributed by atoms with Gasteiger partial charge in [0, 0.05) is 0 Å². The summed E-state index contributed by atoms with van der Waals surface area (Å²) >= 11 is 0. The summed E-state index contributed by atoms with van der Waals surface area (Å²) in [5.74, 6) is -0.780. The lowest BCUT2D eigenvalue weighted by atomic mass is 10.2. The van der Waals surface area contributed by atoms with E-state index in [4.69, 9.17) is 52.1 Å². The van der Waals surface area contributed by atoms with Gasteiger partial charge in [-0.3, -0.25) is 0 Å². The Bertz CT molecular complexity index is 565. The third-order valence-electron chi connectivity index (χ3n) is 4.26. The first-order valence-corrected chi connectivity index (χ1v) is 14.1. The summed E-state index contributed by atoms with van der Waals surface area (Å²) in [4.78, 5) is 23.0. The summed E-state index contributed by atoms with van der Waals surface area (Å²) in [7, 11) is 0. The number of hydrogen-bond acceptors (Lipinski definition) is 13. The van der Waals surface area contributed by atoms with Crippen LogP contribution in [-0.4, -0.2) is 142 Å². The normalized spacial score (nSPS) is 12.0. The molecule has 0 atom stereocenters. The van der Waals surface area contributed by atoms with E-state index in [1.165, 1.54) is 0 Å². The lowest BCUT2D eigenvalue weighted by Crippen LogP contribution is -2.27. The zero-order valence-electron chi connectivity index (χ0n) is 26.0. The Morgan fingerprint density at radius 3 is 0.683 bits per heavy atom. The molecule has 0 N–H and O–H groups in total. The molecule has 0 amide bonds. The molecule has 0 saturated carbocycles. The van der Waals surface area contributed by atoms with Crippen molar-refractivity contribution in [2.24, 2.45) is 0 Å². The van der Waals surface area contributed by atoms with Crippen molar-refractivity contribution in [1.82, 2.24) is 0 Å². The van der Waals surface area contributed by atoms with Crippen molar-refractivity contribution in [2.45, 2.75) is 52.7 Å². The molecule has 0 aliphatic carbocycles. The molecule has 0 aromatic heterocycles. The van der Waals surface area contributed by atoms with Crippen LogP contribution in [0.3, 0.4) is 0 Å². The molecule has 244 valence electrons. The first-order chi connectivity index (χ1) is 19.5. The number of carbonyl (C=O) groups is 2. The number of rotatable bonds is 28. The van der Waals surface area contributed by atoms with Crippen molar-refractivity contribution in [2.75, 3.05) is 119 Å². The maximum absolute atomic E-state index is 11.5. The molecule has 0 aliphatic rings. The maximum atomic E-state index is 11.5. The zero-order valence-corrected chi connectivity index (χ0v) is 26.0. The summed E-state index contributed by atoms with van der Waals surface area (Å²) in [6.07, 6.45) is 0. The Morgan fingerprint density at radius 2 is 0.512 bits per heavy atom. The molecular weight excluding hydrogens is 544 g/mol. The predicted molar refractivity (Wildman–Crippen MR) is 149 cm³/mol. The topological polar surface area (TPSA) is 136 Å². The van der Waals surface area contributed by atoms with Crippen molar-refractivity contribution < 1.29 is 61.7 Å². The Hall–Kier alpha value is -1.42. The van der Waals surface area contributed by atoms with E-state index >= 15 is 0 Å². The van der Waals surface area contributed by atoms with Gasteiger partial charge in [-0.05, 0) is 41.5 Å². The van der Waals surface area contributed by atoms with Gasteiger partial charge >= 0.3 is 11.9 Å². The van der Waals surface area contributed by atoms with E-state index in [1.54, 1.807) is 0 Å². The van der Waals surface area contributed by atoms with Gasteiger partial charge in [-0.2, -0.15) is 0 Å². The Balaban J connectivity index is 3.16. The highest BCUT2D eigenvalue weighted by Crippen LogP contribution is 2.07. The molecule has 13 heteroatoms. The smallest absolute Gasteiger partial charge is 0.332 e. The van der Waals surface area contributed by atoms with Crippen LogP contribution < -0.4 is 0 Å². The Kier molecular flexibility index (Phi) is 25.3. The van der Waals surface area contributed by atoms with Crippen LogP contribution in [0.2, 0.25) is 0 Å². The molecule has 0 fully saturated rings. The highest BCUT2D eigenvalue weighted by Gasteiger charge is 2.16. The summed E-state index contributed by atoms with van der Waals surface area (Å²) in [5, 5.41) is 0. The van der Waals surface area contributed by atoms with Crippen LogP contribution in [0.1, 0.15) is 41.5 Å². The fraction of sp³-hybridized carbons (Fsp3) is 0.929. The first-order valence-electron chi connectivity index (χ1n) is 14.1. The van der Waals surface area contributed by atoms with E-state index in [9.17, 15) is 9.59 Å². The second-order valence-corrected chi connectivity index (χ2v) is 10.6. The average molecular weight is 599 g/mol. The molecule has 0 heterocycles. The second-order valence-electron chi connectivity index (χ2n) is 10.6. The predicted octanol–water partition coefficient (Wildman–Crippen LogP) is 1.82. The molecule has 0 aromatic carbocycles. The van der Waals surface area contributed by atoms with Crippen molar-refractivity contribution >= 4 is 11.9 Å². The van der Waals surface area contributed by atoms with Gasteiger partial charge < -0.3 is 52.1 Å². The minimum Gasteiger partial charge on any atom is -0.458 e. The summed E-state index contributed by atoms with van der Waals surface area (Å²) in [6.45, 7) is 17.6. The number of esters is 2. The third-order valence-corrected chi connectivity index (χ3v) is 4.26. The van der Waals surface area contributed by atoms with Crippen molar-refractivity contribution in [3.8, 4) is 0 Å². The minimum atomic E-state index is -0.513. The molecule has 0 rings (SSSR count). The van der Waals surface area contributed by atoms with Crippen LogP contribution in [0.4, 0.5) is 0 Å². The molecule has 0 aliphatic heterocycles. The van der Waals surface area contributed by atoms with E-state index < -0.39 is 23.1 Å². The van der Waals surface area contributed by atoms with Gasteiger partial charge in [-0.15, -0.1) is 0 Å². The van der Waals surface area contributed by atoms with Gasteiger partial charge in [-0.1, -0.05) is 0 Å². The minimum absolute atomic E-state index is 0.0864. The quantitative estimate of drug-likeness (QED) is 0.0958. The lowest BCUT2D eigenvalue weighted by Gasteiger charge is -2.19. The second kappa shape index (κ2) is 26.2. The van der Waals surface area contributed by atoms with Crippen LogP contribution >= 0.6 is 0 Å². The largest absolute Gasteiger partial charge is 0.458 e. The van der Waals surface area contributed by atoms with Gasteiger partial charge in [0.15, 0.2) is 0 Å². The molecule has 13 nitrogen and oxygen atoms in total. The van der Waals surface area contributed by atoms with Crippen LogP contribution in [-0.2, 0) is 61.7 Å². The van der Waals surface area contributed by atoms with Crippen LogP contribution in [0, 0.1) is 0 Å².